The van der Waals surface area contributed by atoms with Crippen molar-refractivity contribution in [1.82, 2.24) is 0 Å². The molecule has 1 aromatic carbocycles. The highest BCUT2D eigenvalue weighted by Crippen LogP contribution is 2.23. The summed E-state index contributed by atoms with van der Waals surface area (Å²) in [5.74, 6) is -0.497. The molecule has 0 radical (unpaired) electrons. The van der Waals surface area contributed by atoms with Gasteiger partial charge in [-0.25, -0.2) is 8.42 Å². The zero-order chi connectivity index (χ0) is 14.6. The Balaban J connectivity index is 2.01. The summed E-state index contributed by atoms with van der Waals surface area (Å²) in [6.45, 7) is 2.03. The first-order chi connectivity index (χ1) is 9.52. The molecule has 4 heteroatoms. The van der Waals surface area contributed by atoms with E-state index in [0.29, 0.717) is 12.0 Å². The van der Waals surface area contributed by atoms with Crippen LogP contribution in [0.1, 0.15) is 54.1 Å². The molecule has 0 aromatic heterocycles. The van der Waals surface area contributed by atoms with Crippen molar-refractivity contribution >= 4 is 15.6 Å². The molecule has 1 aromatic rings. The Morgan fingerprint density at radius 3 is 2.65 bits per heavy atom. The number of carbonyl (C=O) groups is 1. The Bertz CT molecular complexity index is 588. The number of fused-ring (bicyclic) bond motifs is 1. The van der Waals surface area contributed by atoms with E-state index in [1.54, 1.807) is 6.07 Å². The molecule has 0 heterocycles. The van der Waals surface area contributed by atoms with E-state index >= 15 is 0 Å². The quantitative estimate of drug-likeness (QED) is 0.574. The first-order valence-electron chi connectivity index (χ1n) is 7.37. The summed E-state index contributed by atoms with van der Waals surface area (Å²) in [6, 6.07) is 5.62. The number of benzene rings is 1. The van der Waals surface area contributed by atoms with Crippen molar-refractivity contribution in [3.63, 3.8) is 0 Å². The van der Waals surface area contributed by atoms with Crippen LogP contribution in [0.2, 0.25) is 0 Å². The number of ketones is 1. The average Bonchev–Trinajstić information content (AvgIpc) is 2.85. The van der Waals surface area contributed by atoms with Crippen molar-refractivity contribution in [2.45, 2.75) is 45.4 Å². The first kappa shape index (κ1) is 15.2. The standard InChI is InChI=1S/C16H22O3S/c1-2-3-4-10-20(18,19)12-16(17)15-9-8-13-6-5-7-14(13)11-15/h8-9,11H,2-7,10,12H2,1H3. The number of Topliss-reactive ketones (excluding diaryl/α,β-unsaturated/α-hetero) is 1. The molecule has 0 saturated carbocycles. The lowest BCUT2D eigenvalue weighted by Crippen LogP contribution is -2.19. The summed E-state index contributed by atoms with van der Waals surface area (Å²) in [5.41, 5.74) is 3.05. The molecule has 0 N–H and O–H groups in total. The molecular weight excluding hydrogens is 272 g/mol. The summed E-state index contributed by atoms with van der Waals surface area (Å²) in [4.78, 5) is 12.1. The van der Waals surface area contributed by atoms with Gasteiger partial charge in [0.1, 0.15) is 5.75 Å². The van der Waals surface area contributed by atoms with Gasteiger partial charge in [0, 0.05) is 5.56 Å². The minimum Gasteiger partial charge on any atom is -0.293 e. The van der Waals surface area contributed by atoms with Crippen LogP contribution >= 0.6 is 0 Å². The molecule has 0 atom stereocenters. The molecule has 2 rings (SSSR count). The lowest BCUT2D eigenvalue weighted by molar-refractivity contribution is 0.102. The molecule has 110 valence electrons. The molecule has 0 bridgehead atoms. The van der Waals surface area contributed by atoms with Gasteiger partial charge in [0.15, 0.2) is 15.6 Å². The lowest BCUT2D eigenvalue weighted by Gasteiger charge is -2.06. The fourth-order valence-electron chi connectivity index (χ4n) is 2.67. The van der Waals surface area contributed by atoms with Crippen molar-refractivity contribution in [2.75, 3.05) is 11.5 Å². The van der Waals surface area contributed by atoms with Gasteiger partial charge in [0.05, 0.1) is 5.75 Å². The van der Waals surface area contributed by atoms with Gasteiger partial charge in [-0.05, 0) is 42.9 Å². The summed E-state index contributed by atoms with van der Waals surface area (Å²) in [7, 11) is -3.26. The Kier molecular flexibility index (Phi) is 4.97. The smallest absolute Gasteiger partial charge is 0.177 e. The van der Waals surface area contributed by atoms with Gasteiger partial charge in [-0.3, -0.25) is 4.79 Å². The second-order valence-corrected chi connectivity index (χ2v) is 7.74. The van der Waals surface area contributed by atoms with Crippen LogP contribution in [0.4, 0.5) is 0 Å². The van der Waals surface area contributed by atoms with E-state index in [9.17, 15) is 13.2 Å². The molecule has 0 amide bonds. The third-order valence-corrected chi connectivity index (χ3v) is 5.44. The molecule has 1 aliphatic rings. The predicted molar refractivity (Wildman–Crippen MR) is 81.0 cm³/mol. The third-order valence-electron chi connectivity index (χ3n) is 3.83. The van der Waals surface area contributed by atoms with E-state index in [2.05, 4.69) is 0 Å². The second-order valence-electron chi connectivity index (χ2n) is 5.56. The van der Waals surface area contributed by atoms with E-state index in [1.165, 1.54) is 11.1 Å². The van der Waals surface area contributed by atoms with Crippen molar-refractivity contribution in [1.29, 1.82) is 0 Å². The van der Waals surface area contributed by atoms with Crippen LogP contribution in [-0.2, 0) is 22.7 Å². The maximum absolute atomic E-state index is 12.1. The van der Waals surface area contributed by atoms with Crippen LogP contribution in [0, 0.1) is 0 Å². The third kappa shape index (κ3) is 3.92. The van der Waals surface area contributed by atoms with Crippen molar-refractivity contribution < 1.29 is 13.2 Å². The molecular formula is C16H22O3S. The minimum absolute atomic E-state index is 0.123. The van der Waals surface area contributed by atoms with Gasteiger partial charge < -0.3 is 0 Å². The average molecular weight is 294 g/mol. The summed E-state index contributed by atoms with van der Waals surface area (Å²) >= 11 is 0. The molecule has 20 heavy (non-hydrogen) atoms. The van der Waals surface area contributed by atoms with E-state index < -0.39 is 9.84 Å². The van der Waals surface area contributed by atoms with E-state index in [-0.39, 0.29) is 17.3 Å². The Morgan fingerprint density at radius 1 is 1.15 bits per heavy atom. The number of rotatable bonds is 7. The number of unbranched alkanes of at least 4 members (excludes halogenated alkanes) is 2. The van der Waals surface area contributed by atoms with Gasteiger partial charge in [0.2, 0.25) is 0 Å². The number of hydrogen-bond donors (Lipinski definition) is 0. The van der Waals surface area contributed by atoms with Crippen LogP contribution < -0.4 is 0 Å². The van der Waals surface area contributed by atoms with Gasteiger partial charge in [-0.2, -0.15) is 0 Å². The topological polar surface area (TPSA) is 51.2 Å². The van der Waals surface area contributed by atoms with Gasteiger partial charge >= 0.3 is 0 Å². The Hall–Kier alpha value is -1.16. The van der Waals surface area contributed by atoms with Gasteiger partial charge in [0.25, 0.3) is 0 Å². The second kappa shape index (κ2) is 6.53. The summed E-state index contributed by atoms with van der Waals surface area (Å²) < 4.78 is 23.8. The maximum Gasteiger partial charge on any atom is 0.177 e. The Morgan fingerprint density at radius 2 is 1.90 bits per heavy atom. The van der Waals surface area contributed by atoms with Crippen molar-refractivity contribution in [3.05, 3.63) is 34.9 Å². The van der Waals surface area contributed by atoms with Crippen molar-refractivity contribution in [3.8, 4) is 0 Å². The SMILES string of the molecule is CCCCCS(=O)(=O)CC(=O)c1ccc2c(c1)CCC2. The molecule has 0 fully saturated rings. The number of sulfone groups is 1. The van der Waals surface area contributed by atoms with E-state index in [0.717, 1.165) is 32.1 Å². The highest BCUT2D eigenvalue weighted by atomic mass is 32.2. The molecule has 1 aliphatic carbocycles. The number of carbonyl (C=O) groups excluding carboxylic acids is 1. The minimum atomic E-state index is -3.26. The normalized spacial score (nSPS) is 14.2. The van der Waals surface area contributed by atoms with Crippen LogP contribution in [0.25, 0.3) is 0 Å². The highest BCUT2D eigenvalue weighted by Gasteiger charge is 2.19. The first-order valence-corrected chi connectivity index (χ1v) is 9.19. The molecule has 0 aliphatic heterocycles. The maximum atomic E-state index is 12.1. The zero-order valence-electron chi connectivity index (χ0n) is 12.0. The lowest BCUT2D eigenvalue weighted by atomic mass is 10.0. The number of hydrogen-bond acceptors (Lipinski definition) is 3. The molecule has 0 saturated heterocycles. The van der Waals surface area contributed by atoms with Gasteiger partial charge in [-0.1, -0.05) is 31.9 Å². The Labute approximate surface area is 121 Å². The summed E-state index contributed by atoms with van der Waals surface area (Å²) in [6.07, 6.45) is 5.72. The van der Waals surface area contributed by atoms with E-state index in [1.807, 2.05) is 19.1 Å². The van der Waals surface area contributed by atoms with Crippen LogP contribution in [0.15, 0.2) is 18.2 Å². The molecule has 3 nitrogen and oxygen atoms in total. The largest absolute Gasteiger partial charge is 0.293 e. The van der Waals surface area contributed by atoms with E-state index in [4.69, 9.17) is 0 Å². The van der Waals surface area contributed by atoms with Crippen LogP contribution in [0.3, 0.4) is 0 Å². The summed E-state index contributed by atoms with van der Waals surface area (Å²) in [5, 5.41) is 0. The van der Waals surface area contributed by atoms with Gasteiger partial charge in [-0.15, -0.1) is 0 Å². The van der Waals surface area contributed by atoms with Crippen LogP contribution in [-0.4, -0.2) is 25.7 Å². The van der Waals surface area contributed by atoms with Crippen LogP contribution in [0.5, 0.6) is 0 Å². The fraction of sp³-hybridized carbons (Fsp3) is 0.562. The highest BCUT2D eigenvalue weighted by molar-refractivity contribution is 7.92. The monoisotopic (exact) mass is 294 g/mol. The fourth-order valence-corrected chi connectivity index (χ4v) is 4.03. The predicted octanol–water partition coefficient (Wildman–Crippen LogP) is 2.96. The zero-order valence-corrected chi connectivity index (χ0v) is 12.8. The number of aryl methyl sites for hydroxylation is 2. The van der Waals surface area contributed by atoms with Crippen molar-refractivity contribution in [2.24, 2.45) is 0 Å². The molecule has 0 spiro atoms. The molecule has 0 unspecified atom stereocenters.